The van der Waals surface area contributed by atoms with Crippen molar-refractivity contribution < 1.29 is 14.3 Å². The minimum atomic E-state index is -0.461. The summed E-state index contributed by atoms with van der Waals surface area (Å²) in [4.78, 5) is 22.6. The third kappa shape index (κ3) is 4.10. The number of benzene rings is 2. The highest BCUT2D eigenvalue weighted by molar-refractivity contribution is 6.08. The van der Waals surface area contributed by atoms with Gasteiger partial charge in [0.1, 0.15) is 22.6 Å². The first-order chi connectivity index (χ1) is 15.5. The van der Waals surface area contributed by atoms with Crippen molar-refractivity contribution in [2.45, 2.75) is 33.2 Å². The molecule has 2 aromatic carbocycles. The summed E-state index contributed by atoms with van der Waals surface area (Å²) >= 11 is 0. The van der Waals surface area contributed by atoms with Gasteiger partial charge < -0.3 is 19.8 Å². The zero-order valence-electron chi connectivity index (χ0n) is 18.7. The number of methoxy groups -OCH3 is 1. The Morgan fingerprint density at radius 1 is 1.03 bits per heavy atom. The first-order valence-electron chi connectivity index (χ1n) is 10.9. The maximum absolute atomic E-state index is 13.1. The van der Waals surface area contributed by atoms with E-state index < -0.39 is 5.97 Å². The Kier molecular flexibility index (Phi) is 6.25. The Hall–Kier alpha value is -3.61. The summed E-state index contributed by atoms with van der Waals surface area (Å²) in [5, 5.41) is 0. The number of fused-ring (bicyclic) bond motifs is 2. The Labute approximate surface area is 187 Å². The van der Waals surface area contributed by atoms with E-state index in [4.69, 9.17) is 25.2 Å². The molecule has 4 aromatic rings. The van der Waals surface area contributed by atoms with Crippen LogP contribution in [0.4, 0.5) is 5.82 Å². The molecule has 0 aliphatic carbocycles. The van der Waals surface area contributed by atoms with E-state index in [9.17, 15) is 4.79 Å². The lowest BCUT2D eigenvalue weighted by molar-refractivity contribution is 0.0436. The number of nitrogen functional groups attached to an aromatic ring is 1. The van der Waals surface area contributed by atoms with Crippen molar-refractivity contribution in [3.8, 4) is 5.75 Å². The summed E-state index contributed by atoms with van der Waals surface area (Å²) in [6.45, 7) is 4.99. The maximum atomic E-state index is 13.1. The first-order valence-corrected chi connectivity index (χ1v) is 10.9. The van der Waals surface area contributed by atoms with Gasteiger partial charge in [-0.2, -0.15) is 0 Å². The van der Waals surface area contributed by atoms with E-state index in [0.717, 1.165) is 29.7 Å². The number of carbonyl (C=O) groups excluding carboxylic acids is 1. The molecule has 7 heteroatoms. The Morgan fingerprint density at radius 3 is 2.31 bits per heavy atom. The molecule has 0 bridgehead atoms. The number of aromatic nitrogens is 3. The van der Waals surface area contributed by atoms with Crippen molar-refractivity contribution in [2.24, 2.45) is 5.92 Å². The number of nitrogens with zero attached hydrogens (tertiary/aromatic N) is 3. The second-order valence-corrected chi connectivity index (χ2v) is 7.86. The molecule has 7 nitrogen and oxygen atoms in total. The van der Waals surface area contributed by atoms with Crippen LogP contribution in [-0.4, -0.2) is 34.2 Å². The average molecular weight is 433 g/mol. The molecule has 0 radical (unpaired) electrons. The van der Waals surface area contributed by atoms with Crippen molar-refractivity contribution in [3.05, 3.63) is 59.7 Å². The van der Waals surface area contributed by atoms with E-state index in [0.29, 0.717) is 41.6 Å². The monoisotopic (exact) mass is 432 g/mol. The number of para-hydroxylation sites is 2. The minimum Gasteiger partial charge on any atom is -0.497 e. The van der Waals surface area contributed by atoms with E-state index >= 15 is 0 Å². The number of esters is 1. The molecule has 0 fully saturated rings. The van der Waals surface area contributed by atoms with Crippen molar-refractivity contribution in [3.63, 3.8) is 0 Å². The molecule has 0 aliphatic rings. The largest absolute Gasteiger partial charge is 0.497 e. The number of ether oxygens (including phenoxy) is 2. The number of hydrogen-bond donors (Lipinski definition) is 1. The van der Waals surface area contributed by atoms with Crippen LogP contribution in [0.5, 0.6) is 5.75 Å². The Bertz CT molecular complexity index is 1240. The molecule has 0 amide bonds. The van der Waals surface area contributed by atoms with Crippen molar-refractivity contribution in [2.75, 3.05) is 19.5 Å². The van der Waals surface area contributed by atoms with Crippen molar-refractivity contribution in [1.82, 2.24) is 14.5 Å². The molecule has 32 heavy (non-hydrogen) atoms. The second-order valence-electron chi connectivity index (χ2n) is 7.86. The Morgan fingerprint density at radius 2 is 1.69 bits per heavy atom. The number of carbonyl (C=O) groups is 1. The van der Waals surface area contributed by atoms with E-state index in [2.05, 4.69) is 13.8 Å². The van der Waals surface area contributed by atoms with Crippen LogP contribution in [0.2, 0.25) is 0 Å². The van der Waals surface area contributed by atoms with Crippen LogP contribution in [0.25, 0.3) is 22.2 Å². The van der Waals surface area contributed by atoms with Gasteiger partial charge in [-0.15, -0.1) is 0 Å². The molecule has 0 saturated carbocycles. The molecule has 0 saturated heterocycles. The van der Waals surface area contributed by atoms with E-state index in [1.165, 1.54) is 0 Å². The molecule has 0 aliphatic heterocycles. The average Bonchev–Trinajstić information content (AvgIpc) is 3.09. The maximum Gasteiger partial charge on any atom is 0.344 e. The fourth-order valence-electron chi connectivity index (χ4n) is 3.78. The molecule has 4 rings (SSSR count). The molecule has 0 unspecified atom stereocenters. The quantitative estimate of drug-likeness (QED) is 0.402. The van der Waals surface area contributed by atoms with Crippen LogP contribution < -0.4 is 10.5 Å². The van der Waals surface area contributed by atoms with Crippen molar-refractivity contribution >= 4 is 34.0 Å². The second kappa shape index (κ2) is 9.26. The van der Waals surface area contributed by atoms with Gasteiger partial charge in [0, 0.05) is 0 Å². The highest BCUT2D eigenvalue weighted by Gasteiger charge is 2.25. The fraction of sp³-hybridized carbons (Fsp3) is 0.320. The van der Waals surface area contributed by atoms with Gasteiger partial charge in [0.25, 0.3) is 0 Å². The van der Waals surface area contributed by atoms with Crippen LogP contribution in [-0.2, 0) is 11.3 Å². The molecule has 2 heterocycles. The molecule has 166 valence electrons. The van der Waals surface area contributed by atoms with Crippen LogP contribution in [0, 0.1) is 5.92 Å². The summed E-state index contributed by atoms with van der Waals surface area (Å²) in [5.74, 6) is 0.938. The minimum absolute atomic E-state index is 0.276. The Balaban J connectivity index is 1.80. The molecule has 0 atom stereocenters. The number of hydrogen-bond acceptors (Lipinski definition) is 6. The molecular weight excluding hydrogens is 404 g/mol. The predicted molar refractivity (Wildman–Crippen MR) is 126 cm³/mol. The highest BCUT2D eigenvalue weighted by Crippen LogP contribution is 2.30. The molecule has 2 aromatic heterocycles. The third-order valence-electron chi connectivity index (χ3n) is 5.90. The highest BCUT2D eigenvalue weighted by atomic mass is 16.5. The van der Waals surface area contributed by atoms with Crippen LogP contribution in [0.1, 0.15) is 42.6 Å². The summed E-state index contributed by atoms with van der Waals surface area (Å²) in [6, 6.07) is 15.3. The predicted octanol–water partition coefficient (Wildman–Crippen LogP) is 4.82. The van der Waals surface area contributed by atoms with Gasteiger partial charge >= 0.3 is 5.97 Å². The van der Waals surface area contributed by atoms with Gasteiger partial charge in [0.2, 0.25) is 0 Å². The van der Waals surface area contributed by atoms with Crippen LogP contribution >= 0.6 is 0 Å². The van der Waals surface area contributed by atoms with E-state index in [-0.39, 0.29) is 5.56 Å². The van der Waals surface area contributed by atoms with Crippen LogP contribution in [0.15, 0.2) is 48.5 Å². The van der Waals surface area contributed by atoms with Gasteiger partial charge in [-0.05, 0) is 35.7 Å². The van der Waals surface area contributed by atoms with Crippen molar-refractivity contribution in [1.29, 1.82) is 0 Å². The van der Waals surface area contributed by atoms with Gasteiger partial charge in [-0.3, -0.25) is 0 Å². The van der Waals surface area contributed by atoms with Gasteiger partial charge in [0.15, 0.2) is 5.65 Å². The normalized spacial score (nSPS) is 11.4. The fourth-order valence-corrected chi connectivity index (χ4v) is 3.78. The number of rotatable bonds is 8. The smallest absolute Gasteiger partial charge is 0.344 e. The SMILES string of the molecule is CCC(CC)COC(=O)c1c(N)n(Cc2ccc(OC)cc2)c2nc3ccccc3nc12. The standard InChI is InChI=1S/C25H28N4O3/c1-4-16(5-2)15-32-25(30)21-22-24(28-20-9-7-6-8-19(20)27-22)29(23(21)26)14-17-10-12-18(31-3)13-11-17/h6-13,16H,4-5,14-15,26H2,1-3H3. The number of nitrogens with two attached hydrogens (primary N) is 1. The van der Waals surface area contributed by atoms with Crippen LogP contribution in [0.3, 0.4) is 0 Å². The molecular formula is C25H28N4O3. The summed E-state index contributed by atoms with van der Waals surface area (Å²) < 4.78 is 12.7. The zero-order valence-corrected chi connectivity index (χ0v) is 18.7. The molecule has 2 N–H and O–H groups in total. The zero-order chi connectivity index (χ0) is 22.7. The lowest BCUT2D eigenvalue weighted by atomic mass is 10.1. The van der Waals surface area contributed by atoms with Gasteiger partial charge in [0.05, 0.1) is 31.3 Å². The first kappa shape index (κ1) is 21.6. The lowest BCUT2D eigenvalue weighted by Crippen LogP contribution is -2.15. The van der Waals surface area contributed by atoms with Gasteiger partial charge in [-0.1, -0.05) is 51.0 Å². The summed E-state index contributed by atoms with van der Waals surface area (Å²) in [6.07, 6.45) is 1.89. The van der Waals surface area contributed by atoms with E-state index in [1.807, 2.05) is 53.1 Å². The van der Waals surface area contributed by atoms with Gasteiger partial charge in [-0.25, -0.2) is 14.8 Å². The summed E-state index contributed by atoms with van der Waals surface area (Å²) in [5.41, 5.74) is 10.3. The molecule has 0 spiro atoms. The third-order valence-corrected chi connectivity index (χ3v) is 5.90. The topological polar surface area (TPSA) is 92.3 Å². The summed E-state index contributed by atoms with van der Waals surface area (Å²) in [7, 11) is 1.63. The lowest BCUT2D eigenvalue weighted by Gasteiger charge is -2.12. The van der Waals surface area contributed by atoms with E-state index in [1.54, 1.807) is 7.11 Å². The number of anilines is 1.